The standard InChI is InChI=1S/C13H16N6/c1-2-19-11(6-7-15-19)9-14-10-13-17-16-12-5-3-4-8-18(12)13/h3-8,14H,2,9-10H2,1H3. The maximum absolute atomic E-state index is 4.24. The van der Waals surface area contributed by atoms with Gasteiger partial charge < -0.3 is 5.32 Å². The summed E-state index contributed by atoms with van der Waals surface area (Å²) in [5.41, 5.74) is 2.05. The molecule has 0 unspecified atom stereocenters. The molecule has 0 spiro atoms. The van der Waals surface area contributed by atoms with Crippen LogP contribution in [0.1, 0.15) is 18.4 Å². The van der Waals surface area contributed by atoms with E-state index in [-0.39, 0.29) is 0 Å². The number of hydrogen-bond acceptors (Lipinski definition) is 4. The average molecular weight is 256 g/mol. The van der Waals surface area contributed by atoms with Crippen LogP contribution in [-0.4, -0.2) is 24.4 Å². The summed E-state index contributed by atoms with van der Waals surface area (Å²) in [6, 6.07) is 7.91. The van der Waals surface area contributed by atoms with Crippen LogP contribution >= 0.6 is 0 Å². The van der Waals surface area contributed by atoms with Crippen molar-refractivity contribution in [2.75, 3.05) is 0 Å². The van der Waals surface area contributed by atoms with Crippen molar-refractivity contribution < 1.29 is 0 Å². The molecule has 0 fully saturated rings. The lowest BCUT2D eigenvalue weighted by molar-refractivity contribution is 0.573. The fourth-order valence-corrected chi connectivity index (χ4v) is 2.11. The molecule has 0 amide bonds. The quantitative estimate of drug-likeness (QED) is 0.746. The van der Waals surface area contributed by atoms with Crippen molar-refractivity contribution in [3.63, 3.8) is 0 Å². The molecule has 6 nitrogen and oxygen atoms in total. The van der Waals surface area contributed by atoms with Crippen molar-refractivity contribution in [3.8, 4) is 0 Å². The van der Waals surface area contributed by atoms with E-state index in [0.717, 1.165) is 24.6 Å². The van der Waals surface area contributed by atoms with Gasteiger partial charge in [0.05, 0.1) is 12.2 Å². The zero-order valence-electron chi connectivity index (χ0n) is 10.8. The van der Waals surface area contributed by atoms with E-state index >= 15 is 0 Å². The van der Waals surface area contributed by atoms with Gasteiger partial charge in [-0.3, -0.25) is 9.08 Å². The molecule has 3 aromatic rings. The number of nitrogens with one attached hydrogen (secondary N) is 1. The molecule has 1 N–H and O–H groups in total. The van der Waals surface area contributed by atoms with Crippen LogP contribution in [0.2, 0.25) is 0 Å². The van der Waals surface area contributed by atoms with E-state index in [2.05, 4.69) is 27.5 Å². The van der Waals surface area contributed by atoms with Crippen molar-refractivity contribution in [1.29, 1.82) is 0 Å². The van der Waals surface area contributed by atoms with Gasteiger partial charge in [0.1, 0.15) is 0 Å². The van der Waals surface area contributed by atoms with Crippen molar-refractivity contribution in [1.82, 2.24) is 29.7 Å². The molecule has 0 aliphatic heterocycles. The third-order valence-electron chi connectivity index (χ3n) is 3.08. The van der Waals surface area contributed by atoms with Crippen LogP contribution in [0.15, 0.2) is 36.7 Å². The van der Waals surface area contributed by atoms with Crippen LogP contribution in [0.4, 0.5) is 0 Å². The van der Waals surface area contributed by atoms with Gasteiger partial charge in [0.25, 0.3) is 0 Å². The summed E-state index contributed by atoms with van der Waals surface area (Å²) in [6.45, 7) is 4.43. The Labute approximate surface area is 111 Å². The summed E-state index contributed by atoms with van der Waals surface area (Å²) in [7, 11) is 0. The number of hydrogen-bond donors (Lipinski definition) is 1. The zero-order valence-corrected chi connectivity index (χ0v) is 10.8. The van der Waals surface area contributed by atoms with Crippen LogP contribution in [-0.2, 0) is 19.6 Å². The van der Waals surface area contributed by atoms with Crippen LogP contribution in [0, 0.1) is 0 Å². The Bertz CT molecular complexity index is 668. The third-order valence-corrected chi connectivity index (χ3v) is 3.08. The summed E-state index contributed by atoms with van der Waals surface area (Å²) in [5, 5.41) is 15.9. The maximum atomic E-state index is 4.24. The van der Waals surface area contributed by atoms with Gasteiger partial charge in [0, 0.05) is 25.5 Å². The Hall–Kier alpha value is -2.21. The smallest absolute Gasteiger partial charge is 0.160 e. The van der Waals surface area contributed by atoms with Gasteiger partial charge in [0.2, 0.25) is 0 Å². The molecule has 6 heteroatoms. The highest BCUT2D eigenvalue weighted by Crippen LogP contribution is 2.03. The minimum atomic E-state index is 0.681. The minimum Gasteiger partial charge on any atom is -0.304 e. The Kier molecular flexibility index (Phi) is 3.24. The summed E-state index contributed by atoms with van der Waals surface area (Å²) in [4.78, 5) is 0. The number of rotatable bonds is 5. The molecule has 0 bridgehead atoms. The van der Waals surface area contributed by atoms with E-state index in [1.807, 2.05) is 45.7 Å². The fourth-order valence-electron chi connectivity index (χ4n) is 2.11. The summed E-state index contributed by atoms with van der Waals surface area (Å²) < 4.78 is 3.97. The van der Waals surface area contributed by atoms with Crippen LogP contribution < -0.4 is 5.32 Å². The largest absolute Gasteiger partial charge is 0.304 e. The molecule has 98 valence electrons. The monoisotopic (exact) mass is 256 g/mol. The summed E-state index contributed by atoms with van der Waals surface area (Å²) >= 11 is 0. The van der Waals surface area contributed by atoms with Crippen LogP contribution in [0.25, 0.3) is 5.65 Å². The lowest BCUT2D eigenvalue weighted by atomic mass is 10.4. The van der Waals surface area contributed by atoms with Gasteiger partial charge in [0.15, 0.2) is 11.5 Å². The van der Waals surface area contributed by atoms with E-state index in [9.17, 15) is 0 Å². The SMILES string of the molecule is CCn1nccc1CNCc1nnc2ccccn12. The van der Waals surface area contributed by atoms with Gasteiger partial charge in [-0.15, -0.1) is 10.2 Å². The normalized spacial score (nSPS) is 11.2. The second-order valence-corrected chi connectivity index (χ2v) is 4.29. The van der Waals surface area contributed by atoms with Crippen molar-refractivity contribution in [2.24, 2.45) is 0 Å². The zero-order chi connectivity index (χ0) is 13.1. The van der Waals surface area contributed by atoms with E-state index in [1.165, 1.54) is 5.69 Å². The Morgan fingerprint density at radius 3 is 3.00 bits per heavy atom. The topological polar surface area (TPSA) is 60.0 Å². The van der Waals surface area contributed by atoms with Crippen molar-refractivity contribution >= 4 is 5.65 Å². The predicted molar refractivity (Wildman–Crippen MR) is 71.4 cm³/mol. The Morgan fingerprint density at radius 1 is 1.16 bits per heavy atom. The fraction of sp³-hybridized carbons (Fsp3) is 0.308. The first-order valence-corrected chi connectivity index (χ1v) is 6.38. The summed E-state index contributed by atoms with van der Waals surface area (Å²) in [6.07, 6.45) is 3.80. The number of fused-ring (bicyclic) bond motifs is 1. The number of pyridine rings is 1. The molecule has 0 aliphatic rings. The second kappa shape index (κ2) is 5.19. The van der Waals surface area contributed by atoms with E-state index in [0.29, 0.717) is 6.54 Å². The molecule has 3 heterocycles. The minimum absolute atomic E-state index is 0.681. The highest BCUT2D eigenvalue weighted by atomic mass is 15.3. The molecule has 0 atom stereocenters. The molecule has 0 radical (unpaired) electrons. The first-order chi connectivity index (χ1) is 9.38. The molecule has 0 aliphatic carbocycles. The lowest BCUT2D eigenvalue weighted by Gasteiger charge is -2.06. The number of aromatic nitrogens is 5. The predicted octanol–water partition coefficient (Wildman–Crippen LogP) is 1.24. The van der Waals surface area contributed by atoms with E-state index in [4.69, 9.17) is 0 Å². The molecule has 3 aromatic heterocycles. The lowest BCUT2D eigenvalue weighted by Crippen LogP contribution is -2.17. The molecule has 0 saturated carbocycles. The van der Waals surface area contributed by atoms with E-state index in [1.54, 1.807) is 0 Å². The molecular formula is C13H16N6. The van der Waals surface area contributed by atoms with Crippen LogP contribution in [0.3, 0.4) is 0 Å². The molecule has 0 aromatic carbocycles. The average Bonchev–Trinajstić information content (AvgIpc) is 3.06. The van der Waals surface area contributed by atoms with E-state index < -0.39 is 0 Å². The number of aryl methyl sites for hydroxylation is 1. The van der Waals surface area contributed by atoms with Crippen molar-refractivity contribution in [2.45, 2.75) is 26.6 Å². The first-order valence-electron chi connectivity index (χ1n) is 6.38. The highest BCUT2D eigenvalue weighted by molar-refractivity contribution is 5.36. The molecule has 3 rings (SSSR count). The van der Waals surface area contributed by atoms with Gasteiger partial charge in [-0.2, -0.15) is 5.10 Å². The molecular weight excluding hydrogens is 240 g/mol. The van der Waals surface area contributed by atoms with Gasteiger partial charge in [-0.25, -0.2) is 0 Å². The van der Waals surface area contributed by atoms with Gasteiger partial charge in [-0.1, -0.05) is 6.07 Å². The Morgan fingerprint density at radius 2 is 2.11 bits per heavy atom. The van der Waals surface area contributed by atoms with Gasteiger partial charge in [-0.05, 0) is 25.1 Å². The highest BCUT2D eigenvalue weighted by Gasteiger charge is 2.05. The third kappa shape index (κ3) is 2.34. The number of nitrogens with zero attached hydrogens (tertiary/aromatic N) is 5. The van der Waals surface area contributed by atoms with Gasteiger partial charge >= 0.3 is 0 Å². The van der Waals surface area contributed by atoms with Crippen molar-refractivity contribution in [3.05, 3.63) is 48.2 Å². The summed E-state index contributed by atoms with van der Waals surface area (Å²) in [5.74, 6) is 0.915. The molecule has 0 saturated heterocycles. The molecule has 19 heavy (non-hydrogen) atoms. The second-order valence-electron chi connectivity index (χ2n) is 4.29. The Balaban J connectivity index is 1.67. The maximum Gasteiger partial charge on any atom is 0.160 e. The van der Waals surface area contributed by atoms with Crippen LogP contribution in [0.5, 0.6) is 0 Å². The first kappa shape index (κ1) is 11.9.